The van der Waals surface area contributed by atoms with Crippen LogP contribution in [0.2, 0.25) is 0 Å². The van der Waals surface area contributed by atoms with Gasteiger partial charge in [-0.3, -0.25) is 0 Å². The van der Waals surface area contributed by atoms with Gasteiger partial charge in [-0.05, 0) is 37.9 Å². The molecule has 0 radical (unpaired) electrons. The lowest BCUT2D eigenvalue weighted by Gasteiger charge is -2.10. The van der Waals surface area contributed by atoms with Gasteiger partial charge in [-0.2, -0.15) is 0 Å². The predicted octanol–water partition coefficient (Wildman–Crippen LogP) is 1.82. The normalized spacial score (nSPS) is 20.8. The number of phenols is 1. The van der Waals surface area contributed by atoms with E-state index >= 15 is 0 Å². The molecule has 82 valence electrons. The van der Waals surface area contributed by atoms with Crippen LogP contribution < -0.4 is 5.32 Å². The maximum absolute atomic E-state index is 13.0. The van der Waals surface area contributed by atoms with Crippen molar-refractivity contribution in [2.75, 3.05) is 13.1 Å². The first-order valence-electron chi connectivity index (χ1n) is 5.04. The van der Waals surface area contributed by atoms with Crippen molar-refractivity contribution in [1.82, 2.24) is 5.32 Å². The van der Waals surface area contributed by atoms with Crippen molar-refractivity contribution in [3.63, 3.8) is 0 Å². The maximum atomic E-state index is 13.0. The summed E-state index contributed by atoms with van der Waals surface area (Å²) in [4.78, 5) is 0. The van der Waals surface area contributed by atoms with E-state index in [1.165, 1.54) is 6.07 Å². The molecular formula is C11H13F2NO. The van der Waals surface area contributed by atoms with Crippen molar-refractivity contribution in [3.05, 3.63) is 29.3 Å². The van der Waals surface area contributed by atoms with Gasteiger partial charge in [0.05, 0.1) is 0 Å². The number of halogens is 2. The first kappa shape index (κ1) is 10.4. The number of phenolic OH excluding ortho intramolecular Hbond substituents is 1. The minimum absolute atomic E-state index is 0.358. The summed E-state index contributed by atoms with van der Waals surface area (Å²) in [6, 6.07) is 1.91. The smallest absolute Gasteiger partial charge is 0.168 e. The van der Waals surface area contributed by atoms with E-state index in [9.17, 15) is 13.9 Å². The van der Waals surface area contributed by atoms with Gasteiger partial charge in [0.1, 0.15) is 5.82 Å². The zero-order valence-corrected chi connectivity index (χ0v) is 8.26. The third kappa shape index (κ3) is 2.26. The summed E-state index contributed by atoms with van der Waals surface area (Å²) in [6.07, 6.45) is 1.51. The van der Waals surface area contributed by atoms with E-state index in [4.69, 9.17) is 0 Å². The molecule has 2 N–H and O–H groups in total. The summed E-state index contributed by atoms with van der Waals surface area (Å²) in [7, 11) is 0. The molecule has 15 heavy (non-hydrogen) atoms. The van der Waals surface area contributed by atoms with Crippen LogP contribution in [0, 0.1) is 17.6 Å². The summed E-state index contributed by atoms with van der Waals surface area (Å²) in [6.45, 7) is 1.78. The number of hydrogen-bond acceptors (Lipinski definition) is 2. The Morgan fingerprint density at radius 2 is 2.20 bits per heavy atom. The average molecular weight is 213 g/mol. The molecule has 0 aliphatic carbocycles. The molecule has 1 atom stereocenters. The van der Waals surface area contributed by atoms with Gasteiger partial charge in [-0.1, -0.05) is 0 Å². The van der Waals surface area contributed by atoms with Crippen LogP contribution in [0.1, 0.15) is 12.0 Å². The fraction of sp³-hybridized carbons (Fsp3) is 0.455. The predicted molar refractivity (Wildman–Crippen MR) is 52.7 cm³/mol. The molecular weight excluding hydrogens is 200 g/mol. The van der Waals surface area contributed by atoms with E-state index in [-0.39, 0.29) is 0 Å². The van der Waals surface area contributed by atoms with Crippen LogP contribution in [0.4, 0.5) is 8.78 Å². The Morgan fingerprint density at radius 1 is 1.40 bits per heavy atom. The monoisotopic (exact) mass is 213 g/mol. The molecule has 1 aliphatic rings. The lowest BCUT2D eigenvalue weighted by molar-refractivity contribution is 0.415. The minimum Gasteiger partial charge on any atom is -0.505 e. The molecule has 4 heteroatoms. The van der Waals surface area contributed by atoms with Gasteiger partial charge in [-0.15, -0.1) is 0 Å². The Hall–Kier alpha value is -1.16. The van der Waals surface area contributed by atoms with Crippen molar-refractivity contribution < 1.29 is 13.9 Å². The Morgan fingerprint density at radius 3 is 2.87 bits per heavy atom. The third-order valence-corrected chi connectivity index (χ3v) is 2.78. The fourth-order valence-electron chi connectivity index (χ4n) is 1.97. The molecule has 2 nitrogen and oxygen atoms in total. The summed E-state index contributed by atoms with van der Waals surface area (Å²) >= 11 is 0. The molecule has 2 rings (SSSR count). The summed E-state index contributed by atoms with van der Waals surface area (Å²) < 4.78 is 25.9. The van der Waals surface area contributed by atoms with E-state index < -0.39 is 17.4 Å². The van der Waals surface area contributed by atoms with E-state index in [0.29, 0.717) is 24.0 Å². The van der Waals surface area contributed by atoms with E-state index in [1.807, 2.05) is 0 Å². The van der Waals surface area contributed by atoms with Crippen LogP contribution in [-0.4, -0.2) is 18.2 Å². The topological polar surface area (TPSA) is 32.3 Å². The van der Waals surface area contributed by atoms with Crippen molar-refractivity contribution in [3.8, 4) is 5.75 Å². The summed E-state index contributed by atoms with van der Waals surface area (Å²) in [5, 5.41) is 12.6. The van der Waals surface area contributed by atoms with Crippen molar-refractivity contribution in [2.24, 2.45) is 5.92 Å². The number of rotatable bonds is 2. The van der Waals surface area contributed by atoms with E-state index in [2.05, 4.69) is 5.32 Å². The first-order chi connectivity index (χ1) is 7.16. The Kier molecular flexibility index (Phi) is 2.86. The Balaban J connectivity index is 2.19. The molecule has 0 saturated carbocycles. The Labute approximate surface area is 86.9 Å². The highest BCUT2D eigenvalue weighted by atomic mass is 19.1. The first-order valence-corrected chi connectivity index (χ1v) is 5.04. The zero-order chi connectivity index (χ0) is 10.8. The van der Waals surface area contributed by atoms with Gasteiger partial charge >= 0.3 is 0 Å². The molecule has 0 aromatic heterocycles. The van der Waals surface area contributed by atoms with Crippen molar-refractivity contribution in [1.29, 1.82) is 0 Å². The maximum Gasteiger partial charge on any atom is 0.168 e. The van der Waals surface area contributed by atoms with Gasteiger partial charge in [0.2, 0.25) is 0 Å². The zero-order valence-electron chi connectivity index (χ0n) is 8.26. The van der Waals surface area contributed by atoms with Crippen molar-refractivity contribution >= 4 is 0 Å². The molecule has 1 unspecified atom stereocenters. The molecule has 1 fully saturated rings. The molecule has 1 aliphatic heterocycles. The summed E-state index contributed by atoms with van der Waals surface area (Å²) in [5.41, 5.74) is 0.362. The third-order valence-electron chi connectivity index (χ3n) is 2.78. The minimum atomic E-state index is -0.879. The van der Waals surface area contributed by atoms with Crippen LogP contribution in [-0.2, 0) is 6.42 Å². The highest BCUT2D eigenvalue weighted by Crippen LogP contribution is 2.26. The summed E-state index contributed by atoms with van der Waals surface area (Å²) in [5.74, 6) is -1.57. The second-order valence-electron chi connectivity index (χ2n) is 3.96. The average Bonchev–Trinajstić information content (AvgIpc) is 2.66. The number of benzene rings is 1. The molecule has 1 aromatic rings. The van der Waals surface area contributed by atoms with Crippen molar-refractivity contribution in [2.45, 2.75) is 12.8 Å². The largest absolute Gasteiger partial charge is 0.505 e. The van der Waals surface area contributed by atoms with Crippen LogP contribution in [0.15, 0.2) is 12.1 Å². The second kappa shape index (κ2) is 4.14. The van der Waals surface area contributed by atoms with E-state index in [1.54, 1.807) is 0 Å². The van der Waals surface area contributed by atoms with E-state index in [0.717, 1.165) is 19.5 Å². The van der Waals surface area contributed by atoms with Gasteiger partial charge in [0.15, 0.2) is 11.6 Å². The molecule has 1 heterocycles. The fourth-order valence-corrected chi connectivity index (χ4v) is 1.97. The SMILES string of the molecule is Oc1c(F)cc(F)cc1CC1CCNC1. The van der Waals surface area contributed by atoms with Gasteiger partial charge in [0.25, 0.3) is 0 Å². The highest BCUT2D eigenvalue weighted by Gasteiger charge is 2.18. The van der Waals surface area contributed by atoms with Gasteiger partial charge in [-0.25, -0.2) is 8.78 Å². The second-order valence-corrected chi connectivity index (χ2v) is 3.96. The molecule has 0 amide bonds. The lowest BCUT2D eigenvalue weighted by atomic mass is 9.98. The Bertz CT molecular complexity index is 362. The number of nitrogens with one attached hydrogen (secondary N) is 1. The van der Waals surface area contributed by atoms with Crippen LogP contribution in [0.25, 0.3) is 0 Å². The standard InChI is InChI=1S/C11H13F2NO/c12-9-4-8(11(15)10(13)5-9)3-7-1-2-14-6-7/h4-5,7,14-15H,1-3,6H2. The van der Waals surface area contributed by atoms with Gasteiger partial charge < -0.3 is 10.4 Å². The quantitative estimate of drug-likeness (QED) is 0.785. The number of hydrogen-bond donors (Lipinski definition) is 2. The molecule has 0 spiro atoms. The van der Waals surface area contributed by atoms with Crippen LogP contribution in [0.5, 0.6) is 5.75 Å². The lowest BCUT2D eigenvalue weighted by Crippen LogP contribution is -2.11. The van der Waals surface area contributed by atoms with Gasteiger partial charge in [0, 0.05) is 11.6 Å². The highest BCUT2D eigenvalue weighted by molar-refractivity contribution is 5.34. The molecule has 1 aromatic carbocycles. The van der Waals surface area contributed by atoms with Crippen LogP contribution >= 0.6 is 0 Å². The number of aromatic hydroxyl groups is 1. The molecule has 1 saturated heterocycles. The van der Waals surface area contributed by atoms with Crippen LogP contribution in [0.3, 0.4) is 0 Å². The molecule has 0 bridgehead atoms.